The summed E-state index contributed by atoms with van der Waals surface area (Å²) in [5.74, 6) is 0.448. The number of nitrogens with one attached hydrogen (secondary N) is 1. The molecule has 3 nitrogen and oxygen atoms in total. The van der Waals surface area contributed by atoms with Gasteiger partial charge in [0.2, 0.25) is 5.91 Å². The highest BCUT2D eigenvalue weighted by Gasteiger charge is 2.22. The SMILES string of the molecule is Cc1ccc(CNC(=O)C2CC[NH2+]CC2)cc1. The summed E-state index contributed by atoms with van der Waals surface area (Å²) in [5.41, 5.74) is 2.43. The summed E-state index contributed by atoms with van der Waals surface area (Å²) in [5, 5.41) is 5.32. The molecule has 0 spiro atoms. The first-order valence-electron chi connectivity index (χ1n) is 6.40. The van der Waals surface area contributed by atoms with E-state index in [4.69, 9.17) is 0 Å². The van der Waals surface area contributed by atoms with Gasteiger partial charge in [-0.15, -0.1) is 0 Å². The van der Waals surface area contributed by atoms with Crippen LogP contribution in [0.1, 0.15) is 24.0 Å². The van der Waals surface area contributed by atoms with Gasteiger partial charge in [0.15, 0.2) is 0 Å². The summed E-state index contributed by atoms with van der Waals surface area (Å²) in [6, 6.07) is 8.31. The third kappa shape index (κ3) is 3.56. The number of carbonyl (C=O) groups excluding carboxylic acids is 1. The molecule has 92 valence electrons. The molecule has 0 bridgehead atoms. The Morgan fingerprint density at radius 2 is 1.94 bits per heavy atom. The Hall–Kier alpha value is -1.35. The second kappa shape index (κ2) is 5.82. The van der Waals surface area contributed by atoms with E-state index in [0.717, 1.165) is 25.9 Å². The van der Waals surface area contributed by atoms with Crippen LogP contribution in [0.5, 0.6) is 0 Å². The molecule has 3 N–H and O–H groups in total. The maximum absolute atomic E-state index is 11.9. The van der Waals surface area contributed by atoms with Crippen molar-refractivity contribution in [3.8, 4) is 0 Å². The lowest BCUT2D eigenvalue weighted by molar-refractivity contribution is -0.664. The molecular formula is C14H21N2O+. The Labute approximate surface area is 103 Å². The minimum absolute atomic E-state index is 0.221. The fraction of sp³-hybridized carbons (Fsp3) is 0.500. The van der Waals surface area contributed by atoms with E-state index in [9.17, 15) is 4.79 Å². The van der Waals surface area contributed by atoms with Gasteiger partial charge in [0.05, 0.1) is 13.1 Å². The predicted octanol–water partition coefficient (Wildman–Crippen LogP) is 0.585. The molecule has 1 saturated heterocycles. The number of aryl methyl sites for hydroxylation is 1. The van der Waals surface area contributed by atoms with E-state index in [-0.39, 0.29) is 11.8 Å². The molecule has 0 atom stereocenters. The molecule has 1 aromatic carbocycles. The van der Waals surface area contributed by atoms with Gasteiger partial charge in [0.25, 0.3) is 0 Å². The molecule has 17 heavy (non-hydrogen) atoms. The van der Waals surface area contributed by atoms with Crippen LogP contribution >= 0.6 is 0 Å². The molecule has 1 aromatic rings. The highest BCUT2D eigenvalue weighted by Crippen LogP contribution is 2.09. The van der Waals surface area contributed by atoms with Crippen LogP contribution in [0.2, 0.25) is 0 Å². The molecule has 1 fully saturated rings. The van der Waals surface area contributed by atoms with Crippen molar-refractivity contribution in [1.29, 1.82) is 0 Å². The molecule has 0 radical (unpaired) electrons. The van der Waals surface area contributed by atoms with Crippen LogP contribution in [0.3, 0.4) is 0 Å². The number of piperidine rings is 1. The first-order valence-corrected chi connectivity index (χ1v) is 6.40. The van der Waals surface area contributed by atoms with Gasteiger partial charge in [-0.25, -0.2) is 0 Å². The molecular weight excluding hydrogens is 212 g/mol. The third-order valence-electron chi connectivity index (χ3n) is 3.40. The Bertz CT molecular complexity index is 366. The molecule has 0 unspecified atom stereocenters. The minimum atomic E-state index is 0.221. The predicted molar refractivity (Wildman–Crippen MR) is 67.4 cm³/mol. The summed E-state index contributed by atoms with van der Waals surface area (Å²) < 4.78 is 0. The van der Waals surface area contributed by atoms with Gasteiger partial charge in [-0.05, 0) is 12.5 Å². The fourth-order valence-corrected chi connectivity index (χ4v) is 2.23. The average molecular weight is 233 g/mol. The molecule has 1 aliphatic rings. The van der Waals surface area contributed by atoms with E-state index in [2.05, 4.69) is 41.8 Å². The average Bonchev–Trinajstić information content (AvgIpc) is 2.39. The van der Waals surface area contributed by atoms with Gasteiger partial charge in [0.1, 0.15) is 0 Å². The minimum Gasteiger partial charge on any atom is -0.352 e. The molecule has 1 amide bonds. The van der Waals surface area contributed by atoms with Gasteiger partial charge in [0, 0.05) is 25.3 Å². The van der Waals surface area contributed by atoms with Crippen molar-refractivity contribution in [1.82, 2.24) is 5.32 Å². The van der Waals surface area contributed by atoms with Gasteiger partial charge >= 0.3 is 0 Å². The monoisotopic (exact) mass is 233 g/mol. The van der Waals surface area contributed by atoms with Crippen molar-refractivity contribution in [2.45, 2.75) is 26.3 Å². The van der Waals surface area contributed by atoms with Gasteiger partial charge < -0.3 is 10.6 Å². The fourth-order valence-electron chi connectivity index (χ4n) is 2.23. The van der Waals surface area contributed by atoms with Crippen LogP contribution in [0.25, 0.3) is 0 Å². The lowest BCUT2D eigenvalue weighted by Gasteiger charge is -2.19. The number of quaternary nitrogens is 1. The number of hydrogen-bond acceptors (Lipinski definition) is 1. The Morgan fingerprint density at radius 1 is 1.29 bits per heavy atom. The van der Waals surface area contributed by atoms with Crippen molar-refractivity contribution in [3.05, 3.63) is 35.4 Å². The van der Waals surface area contributed by atoms with Crippen LogP contribution < -0.4 is 10.6 Å². The molecule has 0 saturated carbocycles. The summed E-state index contributed by atoms with van der Waals surface area (Å²) in [6.45, 7) is 4.89. The first-order chi connectivity index (χ1) is 8.25. The Kier molecular flexibility index (Phi) is 4.15. The molecule has 2 rings (SSSR count). The van der Waals surface area contributed by atoms with Gasteiger partial charge in [-0.1, -0.05) is 29.8 Å². The lowest BCUT2D eigenvalue weighted by atomic mass is 9.97. The number of nitrogens with two attached hydrogens (primary N) is 1. The maximum atomic E-state index is 11.9. The van der Waals surface area contributed by atoms with E-state index in [1.165, 1.54) is 11.1 Å². The van der Waals surface area contributed by atoms with Gasteiger partial charge in [-0.3, -0.25) is 4.79 Å². The normalized spacial score (nSPS) is 16.8. The van der Waals surface area contributed by atoms with Crippen LogP contribution in [-0.4, -0.2) is 19.0 Å². The topological polar surface area (TPSA) is 45.7 Å². The molecule has 0 aliphatic carbocycles. The van der Waals surface area contributed by atoms with E-state index in [1.54, 1.807) is 0 Å². The highest BCUT2D eigenvalue weighted by atomic mass is 16.1. The number of amides is 1. The van der Waals surface area contributed by atoms with E-state index in [1.807, 2.05) is 0 Å². The summed E-state index contributed by atoms with van der Waals surface area (Å²) in [4.78, 5) is 11.9. The summed E-state index contributed by atoms with van der Waals surface area (Å²) in [7, 11) is 0. The smallest absolute Gasteiger partial charge is 0.223 e. The number of benzene rings is 1. The van der Waals surface area contributed by atoms with Crippen molar-refractivity contribution in [2.75, 3.05) is 13.1 Å². The maximum Gasteiger partial charge on any atom is 0.223 e. The number of hydrogen-bond donors (Lipinski definition) is 2. The largest absolute Gasteiger partial charge is 0.352 e. The van der Waals surface area contributed by atoms with Crippen molar-refractivity contribution in [3.63, 3.8) is 0 Å². The highest BCUT2D eigenvalue weighted by molar-refractivity contribution is 5.78. The first kappa shape index (κ1) is 12.1. The quantitative estimate of drug-likeness (QED) is 0.788. The van der Waals surface area contributed by atoms with Crippen molar-refractivity contribution < 1.29 is 10.1 Å². The number of rotatable bonds is 3. The summed E-state index contributed by atoms with van der Waals surface area (Å²) >= 11 is 0. The zero-order valence-corrected chi connectivity index (χ0v) is 10.4. The Balaban J connectivity index is 1.81. The van der Waals surface area contributed by atoms with Crippen LogP contribution in [-0.2, 0) is 11.3 Å². The van der Waals surface area contributed by atoms with E-state index in [0.29, 0.717) is 6.54 Å². The molecule has 1 heterocycles. The van der Waals surface area contributed by atoms with Crippen molar-refractivity contribution >= 4 is 5.91 Å². The lowest BCUT2D eigenvalue weighted by Crippen LogP contribution is -2.86. The molecule has 1 aliphatic heterocycles. The summed E-state index contributed by atoms with van der Waals surface area (Å²) in [6.07, 6.45) is 2.03. The van der Waals surface area contributed by atoms with Crippen LogP contribution in [0, 0.1) is 12.8 Å². The number of carbonyl (C=O) groups is 1. The van der Waals surface area contributed by atoms with Crippen LogP contribution in [0.4, 0.5) is 0 Å². The standard InChI is InChI=1S/C14H20N2O/c1-11-2-4-12(5-3-11)10-16-14(17)13-6-8-15-9-7-13/h2-5,13,15H,6-10H2,1H3,(H,16,17)/p+1. The van der Waals surface area contributed by atoms with Gasteiger partial charge in [-0.2, -0.15) is 0 Å². The Morgan fingerprint density at radius 3 is 2.59 bits per heavy atom. The molecule has 3 heteroatoms. The zero-order valence-electron chi connectivity index (χ0n) is 10.4. The van der Waals surface area contributed by atoms with E-state index < -0.39 is 0 Å². The van der Waals surface area contributed by atoms with Crippen LogP contribution in [0.15, 0.2) is 24.3 Å². The third-order valence-corrected chi connectivity index (χ3v) is 3.40. The van der Waals surface area contributed by atoms with Crippen molar-refractivity contribution in [2.24, 2.45) is 5.92 Å². The second-order valence-electron chi connectivity index (χ2n) is 4.84. The molecule has 0 aromatic heterocycles. The zero-order chi connectivity index (χ0) is 12.1. The van der Waals surface area contributed by atoms with E-state index >= 15 is 0 Å². The second-order valence-corrected chi connectivity index (χ2v) is 4.84.